The van der Waals surface area contributed by atoms with Gasteiger partial charge in [0.15, 0.2) is 0 Å². The van der Waals surface area contributed by atoms with Gasteiger partial charge in [0.2, 0.25) is 0 Å². The molecule has 0 spiro atoms. The normalized spacial score (nSPS) is 12.1. The highest BCUT2D eigenvalue weighted by molar-refractivity contribution is 7.10. The van der Waals surface area contributed by atoms with Crippen molar-refractivity contribution in [2.75, 3.05) is 0 Å². The van der Waals surface area contributed by atoms with Crippen LogP contribution in [0, 0.1) is 0 Å². The first kappa shape index (κ1) is 8.11. The van der Waals surface area contributed by atoms with Crippen molar-refractivity contribution in [1.82, 2.24) is 0 Å². The first-order valence-electron chi connectivity index (χ1n) is 3.46. The van der Waals surface area contributed by atoms with Crippen molar-refractivity contribution in [3.63, 3.8) is 0 Å². The molecular formula is C7H9N3S. The Balaban J connectivity index is 2.79. The molecule has 11 heavy (non-hydrogen) atoms. The Morgan fingerprint density at radius 3 is 3.09 bits per heavy atom. The Morgan fingerprint density at radius 1 is 1.82 bits per heavy atom. The van der Waals surface area contributed by atoms with Gasteiger partial charge in [-0.1, -0.05) is 18.1 Å². The van der Waals surface area contributed by atoms with Gasteiger partial charge in [-0.25, -0.2) is 0 Å². The van der Waals surface area contributed by atoms with Crippen LogP contribution < -0.4 is 0 Å². The summed E-state index contributed by atoms with van der Waals surface area (Å²) in [7, 11) is 0. The van der Waals surface area contributed by atoms with Crippen LogP contribution in [-0.2, 0) is 0 Å². The van der Waals surface area contributed by atoms with Crippen molar-refractivity contribution < 1.29 is 0 Å². The van der Waals surface area contributed by atoms with Crippen molar-refractivity contribution in [2.45, 2.75) is 19.4 Å². The van der Waals surface area contributed by atoms with Gasteiger partial charge in [-0.05, 0) is 23.4 Å². The Kier molecular flexibility index (Phi) is 2.95. The van der Waals surface area contributed by atoms with Gasteiger partial charge in [0.25, 0.3) is 0 Å². The van der Waals surface area contributed by atoms with Crippen LogP contribution in [0.15, 0.2) is 22.6 Å². The molecule has 0 saturated carbocycles. The van der Waals surface area contributed by atoms with Crippen molar-refractivity contribution in [1.29, 1.82) is 0 Å². The minimum atomic E-state index is 0.0278. The summed E-state index contributed by atoms with van der Waals surface area (Å²) < 4.78 is 0. The number of thiophene rings is 1. The number of rotatable bonds is 3. The molecule has 0 aliphatic rings. The van der Waals surface area contributed by atoms with E-state index in [2.05, 4.69) is 10.0 Å². The molecule has 0 saturated heterocycles. The molecule has 1 rings (SSSR count). The fraction of sp³-hybridized carbons (Fsp3) is 0.429. The summed E-state index contributed by atoms with van der Waals surface area (Å²) in [6, 6.07) is 3.99. The lowest BCUT2D eigenvalue weighted by Crippen LogP contribution is -1.86. The summed E-state index contributed by atoms with van der Waals surface area (Å²) in [5, 5.41) is 5.67. The molecule has 0 N–H and O–H groups in total. The fourth-order valence-electron chi connectivity index (χ4n) is 0.883. The van der Waals surface area contributed by atoms with Gasteiger partial charge in [0.1, 0.15) is 0 Å². The highest BCUT2D eigenvalue weighted by Gasteiger charge is 2.06. The second kappa shape index (κ2) is 4.01. The molecule has 0 aromatic carbocycles. The van der Waals surface area contributed by atoms with Crippen LogP contribution in [0.4, 0.5) is 0 Å². The summed E-state index contributed by atoms with van der Waals surface area (Å²) in [5.74, 6) is 0. The molecule has 0 aliphatic heterocycles. The van der Waals surface area contributed by atoms with E-state index in [1.807, 2.05) is 24.4 Å². The molecule has 3 nitrogen and oxygen atoms in total. The summed E-state index contributed by atoms with van der Waals surface area (Å²) in [4.78, 5) is 3.94. The second-order valence-corrected chi connectivity index (χ2v) is 3.12. The van der Waals surface area contributed by atoms with Crippen LogP contribution in [0.3, 0.4) is 0 Å². The summed E-state index contributed by atoms with van der Waals surface area (Å²) in [5.41, 5.74) is 8.23. The maximum atomic E-state index is 8.23. The first-order chi connectivity index (χ1) is 5.38. The molecule has 0 aliphatic carbocycles. The molecule has 1 atom stereocenters. The van der Waals surface area contributed by atoms with E-state index in [9.17, 15) is 0 Å². The largest absolute Gasteiger partial charge is 0.149 e. The number of hydrogen-bond donors (Lipinski definition) is 0. The Labute approximate surface area is 69.3 Å². The van der Waals surface area contributed by atoms with Gasteiger partial charge in [-0.2, -0.15) is 0 Å². The highest BCUT2D eigenvalue weighted by Crippen LogP contribution is 2.25. The van der Waals surface area contributed by atoms with E-state index in [0.717, 1.165) is 11.3 Å². The third-order valence-corrected chi connectivity index (χ3v) is 2.42. The topological polar surface area (TPSA) is 48.8 Å². The van der Waals surface area contributed by atoms with Gasteiger partial charge in [0, 0.05) is 9.79 Å². The van der Waals surface area contributed by atoms with E-state index in [4.69, 9.17) is 5.53 Å². The number of azide groups is 1. The van der Waals surface area contributed by atoms with Gasteiger partial charge in [-0.3, -0.25) is 0 Å². The molecule has 4 heteroatoms. The molecule has 0 amide bonds. The zero-order valence-electron chi connectivity index (χ0n) is 6.27. The van der Waals surface area contributed by atoms with Gasteiger partial charge in [0.05, 0.1) is 6.04 Å². The molecule has 0 fully saturated rings. The summed E-state index contributed by atoms with van der Waals surface area (Å²) >= 11 is 1.63. The van der Waals surface area contributed by atoms with E-state index in [1.165, 1.54) is 0 Å². The smallest absolute Gasteiger partial charge is 0.0716 e. The van der Waals surface area contributed by atoms with Crippen LogP contribution in [0.5, 0.6) is 0 Å². The van der Waals surface area contributed by atoms with Crippen LogP contribution in [0.25, 0.3) is 10.4 Å². The van der Waals surface area contributed by atoms with Crippen molar-refractivity contribution >= 4 is 11.3 Å². The Hall–Kier alpha value is -0.990. The zero-order valence-corrected chi connectivity index (χ0v) is 7.08. The molecule has 58 valence electrons. The molecular weight excluding hydrogens is 158 g/mol. The maximum Gasteiger partial charge on any atom is 0.0716 e. The second-order valence-electron chi connectivity index (χ2n) is 2.14. The number of nitrogens with zero attached hydrogens (tertiary/aromatic N) is 3. The lowest BCUT2D eigenvalue weighted by Gasteiger charge is -2.02. The first-order valence-corrected chi connectivity index (χ1v) is 4.34. The van der Waals surface area contributed by atoms with Gasteiger partial charge in [-0.15, -0.1) is 11.3 Å². The maximum absolute atomic E-state index is 8.23. The minimum absolute atomic E-state index is 0.0278. The van der Waals surface area contributed by atoms with Crippen LogP contribution in [-0.4, -0.2) is 0 Å². The summed E-state index contributed by atoms with van der Waals surface area (Å²) in [6.45, 7) is 2.01. The van der Waals surface area contributed by atoms with Gasteiger partial charge < -0.3 is 0 Å². The third kappa shape index (κ3) is 1.97. The standard InChI is InChI=1S/C7H9N3S/c1-2-6(9-10-8)7-4-3-5-11-7/h3-6H,2H2,1H3. The van der Waals surface area contributed by atoms with Crippen LogP contribution in [0.2, 0.25) is 0 Å². The average Bonchev–Trinajstić information content (AvgIpc) is 2.52. The predicted molar refractivity (Wildman–Crippen MR) is 46.5 cm³/mol. The quantitative estimate of drug-likeness (QED) is 0.376. The van der Waals surface area contributed by atoms with E-state index in [-0.39, 0.29) is 6.04 Å². The van der Waals surface area contributed by atoms with E-state index < -0.39 is 0 Å². The summed E-state index contributed by atoms with van der Waals surface area (Å²) in [6.07, 6.45) is 0.866. The molecule has 0 bridgehead atoms. The predicted octanol–water partition coefficient (Wildman–Crippen LogP) is 3.51. The van der Waals surface area contributed by atoms with Crippen molar-refractivity contribution in [2.24, 2.45) is 5.11 Å². The fourth-order valence-corrected chi connectivity index (χ4v) is 1.73. The molecule has 1 unspecified atom stereocenters. The Morgan fingerprint density at radius 2 is 2.64 bits per heavy atom. The van der Waals surface area contributed by atoms with E-state index in [0.29, 0.717) is 0 Å². The third-order valence-electron chi connectivity index (χ3n) is 1.45. The van der Waals surface area contributed by atoms with Crippen LogP contribution in [0.1, 0.15) is 24.3 Å². The molecule has 0 radical (unpaired) electrons. The van der Waals surface area contributed by atoms with Crippen LogP contribution >= 0.6 is 11.3 Å². The average molecular weight is 167 g/mol. The monoisotopic (exact) mass is 167 g/mol. The lowest BCUT2D eigenvalue weighted by atomic mass is 10.2. The van der Waals surface area contributed by atoms with E-state index >= 15 is 0 Å². The molecule has 1 aromatic rings. The van der Waals surface area contributed by atoms with E-state index in [1.54, 1.807) is 11.3 Å². The zero-order chi connectivity index (χ0) is 8.10. The highest BCUT2D eigenvalue weighted by atomic mass is 32.1. The molecule has 1 aromatic heterocycles. The SMILES string of the molecule is CCC(N=[N+]=[N-])c1cccs1. The Bertz CT molecular complexity index is 249. The van der Waals surface area contributed by atoms with Crippen molar-refractivity contribution in [3.8, 4) is 0 Å². The van der Waals surface area contributed by atoms with Gasteiger partial charge >= 0.3 is 0 Å². The lowest BCUT2D eigenvalue weighted by molar-refractivity contribution is 0.706. The minimum Gasteiger partial charge on any atom is -0.149 e. The molecule has 1 heterocycles. The van der Waals surface area contributed by atoms with Crippen molar-refractivity contribution in [3.05, 3.63) is 32.8 Å². The number of hydrogen-bond acceptors (Lipinski definition) is 2.